The number of nitro groups is 1. The standard InChI is InChI=1S/C13H9N7O2S2/c21-20(22)11-10(14-12-18(11)6-7-23-12)24-13-15-16-17-19(13)8-9-4-2-1-3-5-9/h1-7H,8H2. The molecule has 0 aliphatic carbocycles. The second kappa shape index (κ2) is 6.02. The van der Waals surface area contributed by atoms with E-state index in [2.05, 4.69) is 20.5 Å². The molecule has 0 saturated heterocycles. The van der Waals surface area contributed by atoms with E-state index in [4.69, 9.17) is 0 Å². The van der Waals surface area contributed by atoms with Crippen LogP contribution in [0.5, 0.6) is 0 Å². The van der Waals surface area contributed by atoms with E-state index >= 15 is 0 Å². The van der Waals surface area contributed by atoms with Gasteiger partial charge in [-0.2, -0.15) is 9.38 Å². The Balaban J connectivity index is 1.67. The molecule has 0 fully saturated rings. The van der Waals surface area contributed by atoms with Crippen LogP contribution in [0.4, 0.5) is 5.82 Å². The largest absolute Gasteiger partial charge is 0.363 e. The Labute approximate surface area is 143 Å². The van der Waals surface area contributed by atoms with Crippen LogP contribution in [0.1, 0.15) is 5.56 Å². The van der Waals surface area contributed by atoms with Crippen molar-refractivity contribution in [2.24, 2.45) is 0 Å². The van der Waals surface area contributed by atoms with Crippen LogP contribution in [-0.4, -0.2) is 34.5 Å². The molecule has 3 aromatic heterocycles. The molecule has 0 bridgehead atoms. The summed E-state index contributed by atoms with van der Waals surface area (Å²) in [6.07, 6.45) is 1.63. The lowest BCUT2D eigenvalue weighted by Crippen LogP contribution is -2.04. The normalized spacial score (nSPS) is 11.2. The van der Waals surface area contributed by atoms with Crippen LogP contribution >= 0.6 is 23.1 Å². The van der Waals surface area contributed by atoms with Crippen molar-refractivity contribution in [2.45, 2.75) is 16.7 Å². The van der Waals surface area contributed by atoms with Crippen LogP contribution in [0.2, 0.25) is 0 Å². The van der Waals surface area contributed by atoms with Crippen LogP contribution < -0.4 is 0 Å². The predicted octanol–water partition coefficient (Wildman–Crippen LogP) is 2.49. The third-order valence-corrected chi connectivity index (χ3v) is 4.94. The van der Waals surface area contributed by atoms with Gasteiger partial charge >= 0.3 is 5.82 Å². The third-order valence-electron chi connectivity index (χ3n) is 3.24. The minimum atomic E-state index is -0.444. The van der Waals surface area contributed by atoms with E-state index in [0.29, 0.717) is 16.7 Å². The molecule has 4 rings (SSSR count). The van der Waals surface area contributed by atoms with Gasteiger partial charge in [-0.15, -0.1) is 5.10 Å². The molecule has 0 radical (unpaired) electrons. The molecule has 0 amide bonds. The first kappa shape index (κ1) is 14.8. The minimum Gasteiger partial charge on any atom is -0.358 e. The lowest BCUT2D eigenvalue weighted by molar-refractivity contribution is -0.393. The van der Waals surface area contributed by atoms with Gasteiger partial charge in [0, 0.05) is 5.38 Å². The van der Waals surface area contributed by atoms with Gasteiger partial charge in [-0.3, -0.25) is 0 Å². The quantitative estimate of drug-likeness (QED) is 0.398. The van der Waals surface area contributed by atoms with Crippen LogP contribution in [0.3, 0.4) is 0 Å². The highest BCUT2D eigenvalue weighted by Crippen LogP contribution is 2.35. The molecule has 0 saturated carbocycles. The molecule has 120 valence electrons. The van der Waals surface area contributed by atoms with Gasteiger partial charge in [0.15, 0.2) is 0 Å². The number of fused-ring (bicyclic) bond motifs is 1. The number of tetrazole rings is 1. The van der Waals surface area contributed by atoms with Gasteiger partial charge in [0.25, 0.3) is 4.96 Å². The highest BCUT2D eigenvalue weighted by Gasteiger charge is 2.26. The van der Waals surface area contributed by atoms with E-state index in [1.165, 1.54) is 15.7 Å². The van der Waals surface area contributed by atoms with E-state index in [-0.39, 0.29) is 10.8 Å². The van der Waals surface area contributed by atoms with Gasteiger partial charge in [0.1, 0.15) is 6.20 Å². The van der Waals surface area contributed by atoms with Crippen molar-refractivity contribution in [1.82, 2.24) is 29.6 Å². The van der Waals surface area contributed by atoms with Crippen molar-refractivity contribution < 1.29 is 4.92 Å². The Morgan fingerprint density at radius 3 is 2.92 bits per heavy atom. The van der Waals surface area contributed by atoms with Crippen molar-refractivity contribution in [3.63, 3.8) is 0 Å². The average Bonchev–Trinajstić information content (AvgIpc) is 3.25. The molecular weight excluding hydrogens is 350 g/mol. The fourth-order valence-corrected chi connectivity index (χ4v) is 3.82. The zero-order valence-corrected chi connectivity index (χ0v) is 13.6. The van der Waals surface area contributed by atoms with Gasteiger partial charge < -0.3 is 10.1 Å². The Morgan fingerprint density at radius 1 is 1.29 bits per heavy atom. The number of thiazole rings is 1. The molecule has 0 spiro atoms. The van der Waals surface area contributed by atoms with E-state index in [1.807, 2.05) is 30.3 Å². The Hall–Kier alpha value is -2.79. The average molecular weight is 359 g/mol. The van der Waals surface area contributed by atoms with Gasteiger partial charge in [-0.05, 0) is 32.7 Å². The molecule has 0 aliphatic heterocycles. The summed E-state index contributed by atoms with van der Waals surface area (Å²) in [4.78, 5) is 15.8. The number of aromatic nitrogens is 6. The third kappa shape index (κ3) is 2.63. The summed E-state index contributed by atoms with van der Waals surface area (Å²) >= 11 is 2.42. The molecular formula is C13H9N7O2S2. The summed E-state index contributed by atoms with van der Waals surface area (Å²) in [5.74, 6) is -0.0782. The molecule has 9 nitrogen and oxygen atoms in total. The molecule has 3 heterocycles. The summed E-state index contributed by atoms with van der Waals surface area (Å²) in [5, 5.41) is 25.4. The summed E-state index contributed by atoms with van der Waals surface area (Å²) in [5.41, 5.74) is 1.03. The summed E-state index contributed by atoms with van der Waals surface area (Å²) in [6, 6.07) is 9.72. The molecule has 11 heteroatoms. The molecule has 1 aromatic carbocycles. The Morgan fingerprint density at radius 2 is 2.12 bits per heavy atom. The van der Waals surface area contributed by atoms with Gasteiger partial charge in [0.05, 0.1) is 6.54 Å². The number of hydrogen-bond acceptors (Lipinski definition) is 8. The SMILES string of the molecule is O=[N+]([O-])c1c(Sc2nnnn2Cc2ccccc2)nc2sccn12. The fraction of sp³-hybridized carbons (Fsp3) is 0.0769. The van der Waals surface area contributed by atoms with Gasteiger partial charge in [-0.1, -0.05) is 41.7 Å². The minimum absolute atomic E-state index is 0.0782. The Bertz CT molecular complexity index is 1010. The highest BCUT2D eigenvalue weighted by atomic mass is 32.2. The lowest BCUT2D eigenvalue weighted by atomic mass is 10.2. The maximum atomic E-state index is 11.4. The molecule has 0 unspecified atom stereocenters. The number of rotatable bonds is 5. The summed E-state index contributed by atoms with van der Waals surface area (Å²) in [7, 11) is 0. The lowest BCUT2D eigenvalue weighted by Gasteiger charge is -2.03. The van der Waals surface area contributed by atoms with Crippen molar-refractivity contribution in [1.29, 1.82) is 0 Å². The number of benzene rings is 1. The maximum Gasteiger partial charge on any atom is 0.363 e. The van der Waals surface area contributed by atoms with Crippen LogP contribution in [0, 0.1) is 10.1 Å². The van der Waals surface area contributed by atoms with Crippen molar-refractivity contribution in [2.75, 3.05) is 0 Å². The second-order valence-electron chi connectivity index (χ2n) is 4.76. The molecule has 0 atom stereocenters. The topological polar surface area (TPSA) is 104 Å². The Kier molecular flexibility index (Phi) is 3.70. The summed E-state index contributed by atoms with van der Waals surface area (Å²) < 4.78 is 3.05. The number of imidazole rings is 1. The fourth-order valence-electron chi connectivity index (χ4n) is 2.20. The monoisotopic (exact) mass is 359 g/mol. The highest BCUT2D eigenvalue weighted by molar-refractivity contribution is 7.99. The van der Waals surface area contributed by atoms with E-state index in [9.17, 15) is 10.1 Å². The molecule has 4 aromatic rings. The van der Waals surface area contributed by atoms with Crippen LogP contribution in [0.15, 0.2) is 52.1 Å². The molecule has 24 heavy (non-hydrogen) atoms. The molecule has 0 N–H and O–H groups in total. The molecule has 0 aliphatic rings. The zero-order chi connectivity index (χ0) is 16.5. The first-order chi connectivity index (χ1) is 11.7. The van der Waals surface area contributed by atoms with E-state index < -0.39 is 4.92 Å². The van der Waals surface area contributed by atoms with Crippen LogP contribution in [0.25, 0.3) is 4.96 Å². The van der Waals surface area contributed by atoms with Crippen LogP contribution in [-0.2, 0) is 6.54 Å². The van der Waals surface area contributed by atoms with E-state index in [0.717, 1.165) is 17.3 Å². The summed E-state index contributed by atoms with van der Waals surface area (Å²) in [6.45, 7) is 0.478. The van der Waals surface area contributed by atoms with Gasteiger partial charge in [-0.25, -0.2) is 4.68 Å². The number of hydrogen-bond donors (Lipinski definition) is 0. The van der Waals surface area contributed by atoms with E-state index in [1.54, 1.807) is 16.3 Å². The first-order valence-corrected chi connectivity index (χ1v) is 8.50. The second-order valence-corrected chi connectivity index (χ2v) is 6.59. The smallest absolute Gasteiger partial charge is 0.358 e. The van der Waals surface area contributed by atoms with Crippen molar-refractivity contribution in [3.8, 4) is 0 Å². The number of nitrogens with zero attached hydrogens (tertiary/aromatic N) is 7. The predicted molar refractivity (Wildman–Crippen MR) is 87.2 cm³/mol. The van der Waals surface area contributed by atoms with Crippen molar-refractivity contribution in [3.05, 3.63) is 57.6 Å². The van der Waals surface area contributed by atoms with Gasteiger partial charge in [0.2, 0.25) is 10.2 Å². The maximum absolute atomic E-state index is 11.4. The van der Waals surface area contributed by atoms with Crippen molar-refractivity contribution >= 4 is 33.9 Å². The zero-order valence-electron chi connectivity index (χ0n) is 12.0. The first-order valence-electron chi connectivity index (χ1n) is 6.80.